The van der Waals surface area contributed by atoms with Gasteiger partial charge < -0.3 is 28.8 Å². The minimum atomic E-state index is -0.965. The summed E-state index contributed by atoms with van der Waals surface area (Å²) in [6.45, 7) is 0. The van der Waals surface area contributed by atoms with Gasteiger partial charge >= 0.3 is 11.9 Å². The lowest BCUT2D eigenvalue weighted by atomic mass is 10.1. The lowest BCUT2D eigenvalue weighted by Gasteiger charge is -2.10. The predicted molar refractivity (Wildman–Crippen MR) is 159 cm³/mol. The summed E-state index contributed by atoms with van der Waals surface area (Å²) in [6, 6.07) is 10.8. The van der Waals surface area contributed by atoms with Gasteiger partial charge in [0.25, 0.3) is 0 Å². The second-order valence-electron chi connectivity index (χ2n) is 8.44. The van der Waals surface area contributed by atoms with Gasteiger partial charge in [0, 0.05) is 33.9 Å². The van der Waals surface area contributed by atoms with E-state index in [0.29, 0.717) is 44.3 Å². The fraction of sp³-hybridized carbons (Fsp3) is 0.172. The van der Waals surface area contributed by atoms with Gasteiger partial charge in [0.05, 0.1) is 44.9 Å². The molecule has 1 N–H and O–H groups in total. The number of esters is 1. The summed E-state index contributed by atoms with van der Waals surface area (Å²) in [6.07, 6.45) is 3.37. The van der Waals surface area contributed by atoms with Crippen molar-refractivity contribution in [3.8, 4) is 23.0 Å². The molecule has 0 aliphatic carbocycles. The first-order valence-corrected chi connectivity index (χ1v) is 13.7. The Morgan fingerprint density at radius 2 is 1.10 bits per heavy atom. The molecule has 6 aromatic rings. The lowest BCUT2D eigenvalue weighted by molar-refractivity contribution is 0.0605. The van der Waals surface area contributed by atoms with Crippen LogP contribution in [0.4, 0.5) is 0 Å². The van der Waals surface area contributed by atoms with Crippen LogP contribution in [-0.4, -0.2) is 62.6 Å². The molecule has 0 atom stereocenters. The summed E-state index contributed by atoms with van der Waals surface area (Å²) in [7, 11) is 7.66. The topological polar surface area (TPSA) is 126 Å². The molecule has 0 unspecified atom stereocenters. The molecular formula is C29H24N2O8S2. The molecule has 0 aliphatic rings. The number of carboxylic acid groups (broad SMARTS) is 1. The van der Waals surface area contributed by atoms with E-state index in [2.05, 4.69) is 9.97 Å². The van der Waals surface area contributed by atoms with Crippen LogP contribution in [0.5, 0.6) is 23.0 Å². The zero-order chi connectivity index (χ0) is 29.3. The minimum Gasteiger partial charge on any atom is -0.495 e. The number of rotatable bonds is 6. The van der Waals surface area contributed by atoms with Crippen LogP contribution in [0.3, 0.4) is 0 Å². The van der Waals surface area contributed by atoms with Gasteiger partial charge in [-0.25, -0.2) is 9.59 Å². The smallest absolute Gasteiger partial charge is 0.348 e. The third-order valence-electron chi connectivity index (χ3n) is 6.31. The number of hydrogen-bond donors (Lipinski definition) is 1. The Morgan fingerprint density at radius 1 is 0.659 bits per heavy atom. The highest BCUT2D eigenvalue weighted by Crippen LogP contribution is 2.46. The molecule has 0 radical (unpaired) electrons. The third-order valence-corrected chi connectivity index (χ3v) is 8.55. The molecule has 210 valence electrons. The van der Waals surface area contributed by atoms with Crippen LogP contribution in [0.15, 0.2) is 48.8 Å². The number of methoxy groups -OCH3 is 5. The van der Waals surface area contributed by atoms with Crippen molar-refractivity contribution in [2.75, 3.05) is 35.5 Å². The average molecular weight is 593 g/mol. The Balaban J connectivity index is 0.000000165. The van der Waals surface area contributed by atoms with Crippen LogP contribution in [0.25, 0.3) is 42.0 Å². The summed E-state index contributed by atoms with van der Waals surface area (Å²) in [5.41, 5.74) is 1.37. The number of aromatic nitrogens is 2. The van der Waals surface area contributed by atoms with Crippen molar-refractivity contribution < 1.29 is 38.4 Å². The summed E-state index contributed by atoms with van der Waals surface area (Å²) in [4.78, 5) is 32.4. The number of nitrogens with zero attached hydrogens (tertiary/aromatic N) is 2. The predicted octanol–water partition coefficient (Wildman–Crippen LogP) is 6.42. The highest BCUT2D eigenvalue weighted by Gasteiger charge is 2.22. The van der Waals surface area contributed by atoms with E-state index in [1.54, 1.807) is 53.0 Å². The summed E-state index contributed by atoms with van der Waals surface area (Å²) in [5.74, 6) is 1.17. The Bertz CT molecular complexity index is 1830. The second kappa shape index (κ2) is 11.4. The molecule has 0 spiro atoms. The lowest BCUT2D eigenvalue weighted by Crippen LogP contribution is -1.96. The van der Waals surface area contributed by atoms with Crippen molar-refractivity contribution >= 4 is 76.6 Å². The maximum Gasteiger partial charge on any atom is 0.348 e. The van der Waals surface area contributed by atoms with Gasteiger partial charge in [-0.1, -0.05) is 0 Å². The van der Waals surface area contributed by atoms with E-state index in [9.17, 15) is 9.59 Å². The van der Waals surface area contributed by atoms with Crippen LogP contribution in [-0.2, 0) is 4.74 Å². The zero-order valence-electron chi connectivity index (χ0n) is 22.6. The Labute approximate surface area is 241 Å². The van der Waals surface area contributed by atoms with Crippen molar-refractivity contribution in [2.24, 2.45) is 0 Å². The minimum absolute atomic E-state index is 0.243. The normalized spacial score (nSPS) is 10.9. The number of aromatic carboxylic acids is 1. The molecule has 6 rings (SSSR count). The van der Waals surface area contributed by atoms with Crippen molar-refractivity contribution in [1.29, 1.82) is 0 Å². The van der Waals surface area contributed by atoms with E-state index < -0.39 is 5.97 Å². The van der Waals surface area contributed by atoms with Crippen LogP contribution < -0.4 is 18.9 Å². The van der Waals surface area contributed by atoms with E-state index in [1.165, 1.54) is 29.8 Å². The van der Waals surface area contributed by atoms with E-state index in [0.717, 1.165) is 25.6 Å². The van der Waals surface area contributed by atoms with Gasteiger partial charge in [0.15, 0.2) is 11.5 Å². The molecule has 0 fully saturated rings. The molecule has 41 heavy (non-hydrogen) atoms. The number of carbonyl (C=O) groups is 2. The van der Waals surface area contributed by atoms with E-state index in [4.69, 9.17) is 28.8 Å². The molecule has 4 aromatic heterocycles. The van der Waals surface area contributed by atoms with Gasteiger partial charge in [0.1, 0.15) is 32.3 Å². The number of thiophene rings is 2. The maximum absolute atomic E-state index is 11.8. The molecule has 0 saturated carbocycles. The van der Waals surface area contributed by atoms with Gasteiger partial charge in [-0.3, -0.25) is 9.97 Å². The molecule has 0 amide bonds. The Morgan fingerprint density at radius 3 is 1.51 bits per heavy atom. The number of benzene rings is 2. The maximum atomic E-state index is 11.8. The molecule has 2 aromatic carbocycles. The number of fused-ring (bicyclic) bond motifs is 4. The van der Waals surface area contributed by atoms with Crippen molar-refractivity contribution in [3.05, 3.63) is 58.5 Å². The summed E-state index contributed by atoms with van der Waals surface area (Å²) >= 11 is 2.49. The standard InChI is InChI=1S/C15H13NO4S.C14H11NO4S/c1-18-12-9-7-10(15(17)20-3)21-14(9)13(19-2)8-5-4-6-16-11(8)12;1-18-11-8-6-9(14(16)17)20-13(8)12(19-2)7-4-3-5-15-10(7)11/h4-7H,1-3H3;3-6H,1-2H3,(H,16,17). The van der Waals surface area contributed by atoms with Gasteiger partial charge in [-0.05, 0) is 36.4 Å². The molecule has 4 heterocycles. The molecular weight excluding hydrogens is 568 g/mol. The molecule has 0 aliphatic heterocycles. The van der Waals surface area contributed by atoms with Crippen LogP contribution in [0, 0.1) is 0 Å². The second-order valence-corrected chi connectivity index (χ2v) is 10.5. The van der Waals surface area contributed by atoms with Crippen molar-refractivity contribution in [1.82, 2.24) is 9.97 Å². The van der Waals surface area contributed by atoms with Gasteiger partial charge in [0.2, 0.25) is 0 Å². The van der Waals surface area contributed by atoms with Crippen molar-refractivity contribution in [3.63, 3.8) is 0 Å². The molecule has 10 nitrogen and oxygen atoms in total. The monoisotopic (exact) mass is 592 g/mol. The number of carbonyl (C=O) groups excluding carboxylic acids is 1. The Kier molecular flexibility index (Phi) is 7.77. The van der Waals surface area contributed by atoms with E-state index in [-0.39, 0.29) is 10.8 Å². The van der Waals surface area contributed by atoms with Crippen LogP contribution in [0.1, 0.15) is 19.3 Å². The van der Waals surface area contributed by atoms with E-state index in [1.807, 2.05) is 24.3 Å². The first-order valence-electron chi connectivity index (χ1n) is 12.0. The molecule has 12 heteroatoms. The first-order chi connectivity index (χ1) is 19.9. The van der Waals surface area contributed by atoms with Crippen LogP contribution >= 0.6 is 22.7 Å². The number of pyridine rings is 2. The first kappa shape index (κ1) is 27.9. The van der Waals surface area contributed by atoms with E-state index >= 15 is 0 Å². The van der Waals surface area contributed by atoms with Crippen molar-refractivity contribution in [2.45, 2.75) is 0 Å². The highest BCUT2D eigenvalue weighted by molar-refractivity contribution is 7.21. The number of ether oxygens (including phenoxy) is 5. The number of hydrogen-bond acceptors (Lipinski definition) is 11. The van der Waals surface area contributed by atoms with Gasteiger partial charge in [-0.2, -0.15) is 0 Å². The Hall–Kier alpha value is -4.68. The van der Waals surface area contributed by atoms with Gasteiger partial charge in [-0.15, -0.1) is 22.7 Å². The summed E-state index contributed by atoms with van der Waals surface area (Å²) in [5, 5.41) is 12.3. The average Bonchev–Trinajstić information content (AvgIpc) is 3.64. The fourth-order valence-corrected chi connectivity index (χ4v) is 6.76. The molecule has 0 bridgehead atoms. The quantitative estimate of drug-likeness (QED) is 0.217. The SMILES string of the molecule is COC(=O)c1cc2c(OC)c3ncccc3c(OC)c2s1.COc1c2cc(C(=O)O)sc2c(OC)c2cccnc12. The summed E-state index contributed by atoms with van der Waals surface area (Å²) < 4.78 is 28.3. The highest BCUT2D eigenvalue weighted by atomic mass is 32.1. The largest absolute Gasteiger partial charge is 0.495 e. The molecule has 0 saturated heterocycles. The third kappa shape index (κ3) is 4.70. The van der Waals surface area contributed by atoms with Crippen LogP contribution in [0.2, 0.25) is 0 Å². The number of carboxylic acids is 1. The fourth-order valence-electron chi connectivity index (χ4n) is 4.62. The zero-order valence-corrected chi connectivity index (χ0v) is 24.3.